The molecule has 0 unspecified atom stereocenters. The first-order chi connectivity index (χ1) is 16.2. The zero-order valence-corrected chi connectivity index (χ0v) is 21.0. The smallest absolute Gasteiger partial charge is 0.359 e. The number of ether oxygens (including phenoxy) is 6. The van der Waals surface area contributed by atoms with E-state index < -0.39 is 70.6 Å². The third-order valence-corrected chi connectivity index (χ3v) is 4.89. The predicted molar refractivity (Wildman–Crippen MR) is 117 cm³/mol. The molecular formula is C19H21Cl3N2O11. The molecule has 0 radical (unpaired) electrons. The number of nitrogens with zero attached hydrogens (tertiary/aromatic N) is 2. The molecule has 35 heavy (non-hydrogen) atoms. The van der Waals surface area contributed by atoms with Crippen molar-refractivity contribution < 1.29 is 47.6 Å². The van der Waals surface area contributed by atoms with Gasteiger partial charge in [-0.05, 0) is 0 Å². The fraction of sp³-hybridized carbons (Fsp3) is 0.579. The first kappa shape index (κ1) is 28.6. The zero-order valence-electron chi connectivity index (χ0n) is 18.8. The number of carbonyl (C=O) groups excluding carboxylic acids is 4. The molecule has 2 heterocycles. The van der Waals surface area contributed by atoms with E-state index in [0.717, 1.165) is 25.3 Å². The summed E-state index contributed by atoms with van der Waals surface area (Å²) in [4.78, 5) is 64.0. The number of alkyl halides is 3. The number of rotatable bonds is 7. The van der Waals surface area contributed by atoms with Crippen LogP contribution in [0.25, 0.3) is 0 Å². The average molecular weight is 560 g/mol. The van der Waals surface area contributed by atoms with Gasteiger partial charge in [0.05, 0.1) is 7.11 Å². The maximum Gasteiger partial charge on any atom is 0.359 e. The second kappa shape index (κ2) is 11.9. The van der Waals surface area contributed by atoms with Gasteiger partial charge in [0.2, 0.25) is 5.88 Å². The van der Waals surface area contributed by atoms with Crippen molar-refractivity contribution in [3.63, 3.8) is 0 Å². The number of hydrogen-bond acceptors (Lipinski definition) is 12. The van der Waals surface area contributed by atoms with E-state index in [9.17, 15) is 24.0 Å². The quantitative estimate of drug-likeness (QED) is 0.264. The van der Waals surface area contributed by atoms with Crippen molar-refractivity contribution in [2.24, 2.45) is 0 Å². The van der Waals surface area contributed by atoms with Crippen molar-refractivity contribution in [2.45, 2.75) is 55.2 Å². The van der Waals surface area contributed by atoms with Gasteiger partial charge in [-0.25, -0.2) is 9.59 Å². The van der Waals surface area contributed by atoms with Crippen LogP contribution < -0.4 is 10.4 Å². The minimum absolute atomic E-state index is 0.0392. The molecule has 0 bridgehead atoms. The molecule has 16 heteroatoms. The van der Waals surface area contributed by atoms with Crippen molar-refractivity contribution >= 4 is 58.7 Å². The Bertz CT molecular complexity index is 1030. The van der Waals surface area contributed by atoms with Gasteiger partial charge in [0, 0.05) is 33.0 Å². The van der Waals surface area contributed by atoms with Crippen LogP contribution in [0.4, 0.5) is 0 Å². The third kappa shape index (κ3) is 7.69. The predicted octanol–water partition coefficient (Wildman–Crippen LogP) is 0.858. The first-order valence-electron chi connectivity index (χ1n) is 9.78. The minimum Gasteiger partial charge on any atom is -0.481 e. The Morgan fingerprint density at radius 2 is 1.60 bits per heavy atom. The highest BCUT2D eigenvalue weighted by Gasteiger charge is 2.54. The van der Waals surface area contributed by atoms with Gasteiger partial charge in [0.15, 0.2) is 24.5 Å². The molecule has 13 nitrogen and oxygen atoms in total. The van der Waals surface area contributed by atoms with Crippen LogP contribution in [0.1, 0.15) is 27.0 Å². The molecule has 1 aliphatic heterocycles. The molecule has 0 N–H and O–H groups in total. The first-order valence-corrected chi connectivity index (χ1v) is 10.9. The highest BCUT2D eigenvalue weighted by atomic mass is 35.6. The lowest BCUT2D eigenvalue weighted by atomic mass is 9.97. The normalized spacial score (nSPS) is 24.1. The summed E-state index contributed by atoms with van der Waals surface area (Å²) in [5.41, 5.74) is -0.928. The Morgan fingerprint density at radius 1 is 1.00 bits per heavy atom. The lowest BCUT2D eigenvalue weighted by Gasteiger charge is -2.44. The molecule has 2 rings (SSSR count). The zero-order chi connectivity index (χ0) is 26.5. The highest BCUT2D eigenvalue weighted by molar-refractivity contribution is 6.75. The average Bonchev–Trinajstić information content (AvgIpc) is 2.73. The van der Waals surface area contributed by atoms with E-state index in [4.69, 9.17) is 63.2 Å². The summed E-state index contributed by atoms with van der Waals surface area (Å²) >= 11 is 16.9. The maximum atomic E-state index is 12.7. The van der Waals surface area contributed by atoms with Crippen molar-refractivity contribution in [3.05, 3.63) is 22.7 Å². The molecule has 1 aromatic heterocycles. The molecule has 1 aliphatic rings. The van der Waals surface area contributed by atoms with Gasteiger partial charge in [-0.3, -0.25) is 19.0 Å². The minimum atomic E-state index is -2.57. The van der Waals surface area contributed by atoms with Gasteiger partial charge in [-0.2, -0.15) is 4.98 Å². The van der Waals surface area contributed by atoms with Crippen LogP contribution in [-0.4, -0.2) is 75.4 Å². The van der Waals surface area contributed by atoms with E-state index in [0.29, 0.717) is 0 Å². The number of carbonyl (C=O) groups is 4. The molecule has 0 aromatic carbocycles. The van der Waals surface area contributed by atoms with Crippen LogP contribution in [0.15, 0.2) is 17.1 Å². The van der Waals surface area contributed by atoms with Crippen molar-refractivity contribution in [3.8, 4) is 5.88 Å². The summed E-state index contributed by atoms with van der Waals surface area (Å²) in [6, 6.07) is 1.29. The Kier molecular flexibility index (Phi) is 9.72. The lowest BCUT2D eigenvalue weighted by molar-refractivity contribution is -0.269. The molecule has 1 saturated heterocycles. The van der Waals surface area contributed by atoms with Gasteiger partial charge in [-0.1, -0.05) is 34.8 Å². The number of aromatic nitrogens is 2. The van der Waals surface area contributed by atoms with Crippen LogP contribution >= 0.6 is 34.8 Å². The number of esters is 4. The Hall–Kier alpha value is -2.61. The van der Waals surface area contributed by atoms with Crippen LogP contribution in [0.2, 0.25) is 0 Å². The fourth-order valence-electron chi connectivity index (χ4n) is 3.13. The number of halogens is 3. The number of methoxy groups -OCH3 is 1. The summed E-state index contributed by atoms with van der Waals surface area (Å²) < 4.78 is 29.9. The monoisotopic (exact) mass is 558 g/mol. The van der Waals surface area contributed by atoms with E-state index in [2.05, 4.69) is 4.98 Å². The second-order valence-corrected chi connectivity index (χ2v) is 9.32. The topological polar surface area (TPSA) is 159 Å². The summed E-state index contributed by atoms with van der Waals surface area (Å²) in [7, 11) is 1.28. The SMILES string of the molecule is COc1ccn([C@@H]2O[C@H](COC(C)=O)[C@@H](OC(C)=O)[C@H](OC(C)=O)[C@H]2OC(=O)C(Cl)(Cl)Cl)c(=O)n1. The van der Waals surface area contributed by atoms with Crippen LogP contribution in [0.5, 0.6) is 5.88 Å². The van der Waals surface area contributed by atoms with Crippen LogP contribution in [0, 0.1) is 0 Å². The van der Waals surface area contributed by atoms with E-state index in [-0.39, 0.29) is 5.88 Å². The van der Waals surface area contributed by atoms with Crippen LogP contribution in [-0.2, 0) is 42.9 Å². The summed E-state index contributed by atoms with van der Waals surface area (Å²) in [5, 5.41) is 0. The summed E-state index contributed by atoms with van der Waals surface area (Å²) in [6.45, 7) is 2.71. The van der Waals surface area contributed by atoms with Gasteiger partial charge in [0.25, 0.3) is 3.79 Å². The summed E-state index contributed by atoms with van der Waals surface area (Å²) in [5.74, 6) is -3.87. The molecule has 1 fully saturated rings. The Morgan fingerprint density at radius 3 is 2.09 bits per heavy atom. The second-order valence-electron chi connectivity index (χ2n) is 7.04. The standard InChI is InChI=1S/C19H21Cl3N2O11/c1-8(25)31-7-11-13(32-9(2)26)14(33-10(3)27)15(35-17(28)19(20,21)22)16(34-11)24-6-5-12(30-4)23-18(24)29/h5-6,11,13-16H,7H2,1-4H3/t11-,13-,14+,15-,16-/m1/s1. The number of hydrogen-bond donors (Lipinski definition) is 0. The third-order valence-electron chi connectivity index (χ3n) is 4.43. The van der Waals surface area contributed by atoms with Crippen LogP contribution in [0.3, 0.4) is 0 Å². The Balaban J connectivity index is 2.66. The van der Waals surface area contributed by atoms with Gasteiger partial charge in [-0.15, -0.1) is 0 Å². The van der Waals surface area contributed by atoms with Crippen molar-refractivity contribution in [1.29, 1.82) is 0 Å². The summed E-state index contributed by atoms with van der Waals surface area (Å²) in [6.07, 6.45) is -6.45. The maximum absolute atomic E-state index is 12.7. The lowest BCUT2D eigenvalue weighted by Crippen LogP contribution is -2.61. The van der Waals surface area contributed by atoms with Gasteiger partial charge >= 0.3 is 29.6 Å². The van der Waals surface area contributed by atoms with Gasteiger partial charge < -0.3 is 28.4 Å². The molecular weight excluding hydrogens is 539 g/mol. The van der Waals surface area contributed by atoms with E-state index in [1.54, 1.807) is 0 Å². The molecule has 1 aromatic rings. The van der Waals surface area contributed by atoms with Crippen molar-refractivity contribution in [1.82, 2.24) is 9.55 Å². The van der Waals surface area contributed by atoms with E-state index in [1.807, 2.05) is 0 Å². The molecule has 5 atom stereocenters. The molecule has 0 aliphatic carbocycles. The van der Waals surface area contributed by atoms with E-state index in [1.165, 1.54) is 19.4 Å². The fourth-order valence-corrected chi connectivity index (χ4v) is 3.27. The molecule has 0 spiro atoms. The molecule has 0 amide bonds. The highest BCUT2D eigenvalue weighted by Crippen LogP contribution is 2.36. The molecule has 0 saturated carbocycles. The van der Waals surface area contributed by atoms with E-state index >= 15 is 0 Å². The Labute approximate surface area is 213 Å². The van der Waals surface area contributed by atoms with Gasteiger partial charge in [0.1, 0.15) is 12.7 Å². The largest absolute Gasteiger partial charge is 0.481 e. The van der Waals surface area contributed by atoms with Crippen molar-refractivity contribution in [2.75, 3.05) is 13.7 Å². The molecule has 194 valence electrons.